The molecule has 0 aliphatic heterocycles. The van der Waals surface area contributed by atoms with Crippen molar-refractivity contribution in [3.8, 4) is 0 Å². The van der Waals surface area contributed by atoms with Gasteiger partial charge >= 0.3 is 0 Å². The summed E-state index contributed by atoms with van der Waals surface area (Å²) in [6.07, 6.45) is 3.43. The van der Waals surface area contributed by atoms with Crippen LogP contribution in [0.4, 0.5) is 5.82 Å². The Morgan fingerprint density at radius 3 is 2.76 bits per heavy atom. The largest absolute Gasteiger partial charge is 0.390 e. The van der Waals surface area contributed by atoms with Crippen LogP contribution >= 0.6 is 11.8 Å². The van der Waals surface area contributed by atoms with E-state index in [9.17, 15) is 10.2 Å². The lowest BCUT2D eigenvalue weighted by molar-refractivity contribution is 0.0160. The molecule has 5 nitrogen and oxygen atoms in total. The highest BCUT2D eigenvalue weighted by molar-refractivity contribution is 7.99. The summed E-state index contributed by atoms with van der Waals surface area (Å²) in [7, 11) is 0. The van der Waals surface area contributed by atoms with E-state index >= 15 is 0 Å². The van der Waals surface area contributed by atoms with E-state index in [4.69, 9.17) is 5.73 Å². The van der Waals surface area contributed by atoms with Crippen molar-refractivity contribution in [1.29, 1.82) is 0 Å². The van der Waals surface area contributed by atoms with Crippen LogP contribution in [-0.2, 0) is 6.42 Å². The summed E-state index contributed by atoms with van der Waals surface area (Å²) < 4.78 is 0. The second-order valence-electron chi connectivity index (χ2n) is 7.82. The monoisotopic (exact) mass is 405 g/mol. The van der Waals surface area contributed by atoms with Crippen molar-refractivity contribution >= 4 is 33.9 Å². The first kappa shape index (κ1) is 18.6. The van der Waals surface area contributed by atoms with E-state index in [1.165, 1.54) is 22.0 Å². The van der Waals surface area contributed by atoms with Gasteiger partial charge in [0.15, 0.2) is 0 Å². The lowest BCUT2D eigenvalue weighted by Gasteiger charge is -2.18. The van der Waals surface area contributed by atoms with Crippen molar-refractivity contribution in [1.82, 2.24) is 9.97 Å². The molecule has 1 saturated carbocycles. The van der Waals surface area contributed by atoms with Gasteiger partial charge < -0.3 is 15.9 Å². The number of benzene rings is 2. The van der Waals surface area contributed by atoms with Crippen LogP contribution in [0.25, 0.3) is 16.3 Å². The fourth-order valence-electron chi connectivity index (χ4n) is 4.63. The summed E-state index contributed by atoms with van der Waals surface area (Å²) in [5.74, 6) is 1.15. The first-order valence-electron chi connectivity index (χ1n) is 9.90. The molecule has 0 amide bonds. The van der Waals surface area contributed by atoms with Gasteiger partial charge in [0.1, 0.15) is 12.1 Å². The van der Waals surface area contributed by atoms with Crippen LogP contribution in [0.1, 0.15) is 17.7 Å². The topological polar surface area (TPSA) is 92.3 Å². The number of hydrogen-bond acceptors (Lipinski definition) is 6. The Kier molecular flexibility index (Phi) is 4.78. The Morgan fingerprint density at radius 2 is 1.86 bits per heavy atom. The van der Waals surface area contributed by atoms with Gasteiger partial charge in [-0.15, -0.1) is 11.8 Å². The maximum atomic E-state index is 10.8. The minimum Gasteiger partial charge on any atom is -0.390 e. The second kappa shape index (κ2) is 7.44. The summed E-state index contributed by atoms with van der Waals surface area (Å²) in [5, 5.41) is 24.0. The molecule has 0 bridgehead atoms. The third-order valence-corrected chi connectivity index (χ3v) is 7.44. The van der Waals surface area contributed by atoms with Crippen LogP contribution in [0.15, 0.2) is 59.8 Å². The maximum Gasteiger partial charge on any atom is 0.130 e. The molecule has 29 heavy (non-hydrogen) atoms. The van der Waals surface area contributed by atoms with Crippen molar-refractivity contribution < 1.29 is 10.2 Å². The molecule has 0 saturated heterocycles. The molecule has 1 heterocycles. The number of rotatable bonds is 4. The van der Waals surface area contributed by atoms with Gasteiger partial charge in [-0.1, -0.05) is 42.5 Å². The van der Waals surface area contributed by atoms with Gasteiger partial charge in [-0.25, -0.2) is 9.97 Å². The van der Waals surface area contributed by atoms with Crippen LogP contribution in [0, 0.1) is 11.8 Å². The van der Waals surface area contributed by atoms with E-state index in [0.29, 0.717) is 12.2 Å². The van der Waals surface area contributed by atoms with Crippen LogP contribution in [0.2, 0.25) is 0 Å². The number of thioether (sulfide) groups is 1. The molecule has 5 rings (SSSR count). The third kappa shape index (κ3) is 3.21. The highest BCUT2D eigenvalue weighted by atomic mass is 32.2. The van der Waals surface area contributed by atoms with E-state index in [1.54, 1.807) is 11.8 Å². The average Bonchev–Trinajstić information content (AvgIpc) is 3.29. The Morgan fingerprint density at radius 1 is 1.03 bits per heavy atom. The molecule has 2 aliphatic carbocycles. The molecule has 1 fully saturated rings. The van der Waals surface area contributed by atoms with E-state index in [-0.39, 0.29) is 11.8 Å². The molecule has 2 aromatic carbocycles. The number of aliphatic hydroxyl groups excluding tert-OH is 2. The fraction of sp³-hybridized carbons (Fsp3) is 0.304. The normalized spacial score (nSPS) is 25.9. The predicted molar refractivity (Wildman–Crippen MR) is 116 cm³/mol. The maximum absolute atomic E-state index is 10.8. The molecular weight excluding hydrogens is 382 g/mol. The molecule has 3 aromatic rings. The molecule has 0 radical (unpaired) electrons. The molecule has 148 valence electrons. The Bertz CT molecular complexity index is 1100. The SMILES string of the molecule is Nc1ncnc2c1CC=C2[C@@H]1C[C@H](CSc2cccc3ccccc23)C(O)[C@@H]1O. The van der Waals surface area contributed by atoms with Crippen LogP contribution in [-0.4, -0.2) is 38.1 Å². The highest BCUT2D eigenvalue weighted by Gasteiger charge is 2.44. The molecule has 1 aromatic heterocycles. The highest BCUT2D eigenvalue weighted by Crippen LogP contribution is 2.45. The molecule has 2 aliphatic rings. The van der Waals surface area contributed by atoms with Crippen molar-refractivity contribution in [3.05, 3.63) is 66.1 Å². The van der Waals surface area contributed by atoms with E-state index in [1.807, 2.05) is 12.1 Å². The predicted octanol–water partition coefficient (Wildman–Crippen LogP) is 3.30. The van der Waals surface area contributed by atoms with E-state index in [0.717, 1.165) is 29.0 Å². The van der Waals surface area contributed by atoms with Gasteiger partial charge in [-0.2, -0.15) is 0 Å². The van der Waals surface area contributed by atoms with E-state index in [2.05, 4.69) is 46.4 Å². The van der Waals surface area contributed by atoms with Gasteiger partial charge in [0, 0.05) is 22.1 Å². The smallest absolute Gasteiger partial charge is 0.130 e. The second-order valence-corrected chi connectivity index (χ2v) is 8.88. The third-order valence-electron chi connectivity index (χ3n) is 6.18. The number of nitrogens with two attached hydrogens (primary N) is 1. The fourth-order valence-corrected chi connectivity index (χ4v) is 5.87. The molecule has 4 N–H and O–H groups in total. The van der Waals surface area contributed by atoms with Gasteiger partial charge in [-0.3, -0.25) is 0 Å². The molecule has 0 spiro atoms. The Balaban J connectivity index is 1.34. The minimum atomic E-state index is -0.790. The summed E-state index contributed by atoms with van der Waals surface area (Å²) >= 11 is 1.75. The standard InChI is InChI=1S/C23H23N3O2S/c24-23-17-9-8-16(20(17)25-12-26-23)18-10-14(21(27)22(18)28)11-29-19-7-3-5-13-4-1-2-6-15(13)19/h1-8,12,14,18,21-22,27-28H,9-11H2,(H2,24,25,26)/t14-,18+,21?,22-/m1/s1. The molecular formula is C23H23N3O2S. The first-order valence-corrected chi connectivity index (χ1v) is 10.9. The van der Waals surface area contributed by atoms with Crippen molar-refractivity contribution in [2.45, 2.75) is 29.9 Å². The number of nitrogens with zero attached hydrogens (tertiary/aromatic N) is 2. The Labute approximate surface area is 173 Å². The van der Waals surface area contributed by atoms with Gasteiger partial charge in [-0.05, 0) is 41.2 Å². The van der Waals surface area contributed by atoms with Crippen LogP contribution in [0.3, 0.4) is 0 Å². The van der Waals surface area contributed by atoms with Gasteiger partial charge in [0.05, 0.1) is 17.9 Å². The van der Waals surface area contributed by atoms with Crippen LogP contribution in [0.5, 0.6) is 0 Å². The molecule has 4 atom stereocenters. The summed E-state index contributed by atoms with van der Waals surface area (Å²) in [6.45, 7) is 0. The minimum absolute atomic E-state index is 0.0168. The lowest BCUT2D eigenvalue weighted by atomic mass is 9.93. The number of aliphatic hydroxyl groups is 2. The van der Waals surface area contributed by atoms with Gasteiger partial charge in [0.25, 0.3) is 0 Å². The zero-order valence-corrected chi connectivity index (χ0v) is 16.7. The van der Waals surface area contributed by atoms with Crippen LogP contribution < -0.4 is 5.73 Å². The lowest BCUT2D eigenvalue weighted by Crippen LogP contribution is -2.29. The zero-order chi connectivity index (χ0) is 20.0. The van der Waals surface area contributed by atoms with Crippen molar-refractivity contribution in [3.63, 3.8) is 0 Å². The number of nitrogen functional groups attached to an aromatic ring is 1. The molecule has 6 heteroatoms. The number of allylic oxidation sites excluding steroid dienone is 1. The van der Waals surface area contributed by atoms with Crippen molar-refractivity contribution in [2.24, 2.45) is 11.8 Å². The summed E-state index contributed by atoms with van der Waals surface area (Å²) in [6, 6.07) is 14.6. The quantitative estimate of drug-likeness (QED) is 0.577. The van der Waals surface area contributed by atoms with E-state index < -0.39 is 12.2 Å². The van der Waals surface area contributed by atoms with Crippen molar-refractivity contribution in [2.75, 3.05) is 11.5 Å². The van der Waals surface area contributed by atoms with Gasteiger partial charge in [0.2, 0.25) is 0 Å². The number of aromatic nitrogens is 2. The number of hydrogen-bond donors (Lipinski definition) is 3. The number of anilines is 1. The number of fused-ring (bicyclic) bond motifs is 2. The summed E-state index contributed by atoms with van der Waals surface area (Å²) in [5.41, 5.74) is 8.74. The zero-order valence-electron chi connectivity index (χ0n) is 15.9. The summed E-state index contributed by atoms with van der Waals surface area (Å²) in [4.78, 5) is 9.68. The Hall–Kier alpha value is -2.41. The first-order chi connectivity index (χ1) is 14.1. The molecule has 1 unspecified atom stereocenters. The average molecular weight is 406 g/mol.